The third-order valence-electron chi connectivity index (χ3n) is 3.17. The Balaban J connectivity index is 2.20. The maximum atomic E-state index is 9.65. The van der Waals surface area contributed by atoms with Gasteiger partial charge in [-0.15, -0.1) is 0 Å². The van der Waals surface area contributed by atoms with Gasteiger partial charge in [-0.25, -0.2) is 4.98 Å². The predicted molar refractivity (Wildman–Crippen MR) is 78.0 cm³/mol. The van der Waals surface area contributed by atoms with E-state index in [4.69, 9.17) is 0 Å². The molecule has 3 heteroatoms. The first-order chi connectivity index (χ1) is 9.20. The fraction of sp³-hybridized carbons (Fsp3) is 0.312. The molecule has 3 nitrogen and oxygen atoms in total. The van der Waals surface area contributed by atoms with Crippen LogP contribution in [0, 0.1) is 0 Å². The quantitative estimate of drug-likeness (QED) is 0.892. The van der Waals surface area contributed by atoms with E-state index in [0.29, 0.717) is 0 Å². The zero-order valence-corrected chi connectivity index (χ0v) is 11.5. The molecule has 0 saturated carbocycles. The van der Waals surface area contributed by atoms with Crippen molar-refractivity contribution >= 4 is 5.82 Å². The number of pyridine rings is 1. The summed E-state index contributed by atoms with van der Waals surface area (Å²) in [5.41, 5.74) is 2.16. The second kappa shape index (κ2) is 6.34. The highest BCUT2D eigenvalue weighted by atomic mass is 16.3. The number of benzene rings is 1. The van der Waals surface area contributed by atoms with Crippen LogP contribution in [-0.2, 0) is 6.54 Å². The summed E-state index contributed by atoms with van der Waals surface area (Å²) in [5.74, 6) is 0.907. The molecule has 0 aliphatic rings. The largest absolute Gasteiger partial charge is 0.389 e. The molecule has 0 amide bonds. The van der Waals surface area contributed by atoms with Crippen molar-refractivity contribution in [3.05, 3.63) is 59.8 Å². The van der Waals surface area contributed by atoms with Crippen molar-refractivity contribution in [3.63, 3.8) is 0 Å². The zero-order chi connectivity index (χ0) is 13.7. The van der Waals surface area contributed by atoms with Crippen molar-refractivity contribution in [2.45, 2.75) is 26.5 Å². The number of rotatable bonds is 5. The topological polar surface area (TPSA) is 36.4 Å². The van der Waals surface area contributed by atoms with E-state index in [1.54, 1.807) is 13.1 Å². The van der Waals surface area contributed by atoms with Gasteiger partial charge in [0, 0.05) is 19.3 Å². The minimum Gasteiger partial charge on any atom is -0.389 e. The minimum atomic E-state index is -0.461. The Labute approximate surface area is 114 Å². The van der Waals surface area contributed by atoms with Crippen molar-refractivity contribution in [2.75, 3.05) is 11.4 Å². The molecule has 19 heavy (non-hydrogen) atoms. The van der Waals surface area contributed by atoms with E-state index >= 15 is 0 Å². The predicted octanol–water partition coefficient (Wildman–Crippen LogP) is 3.16. The van der Waals surface area contributed by atoms with Crippen LogP contribution in [0.25, 0.3) is 0 Å². The molecule has 1 unspecified atom stereocenters. The van der Waals surface area contributed by atoms with Crippen LogP contribution in [0.4, 0.5) is 5.82 Å². The number of aromatic nitrogens is 1. The summed E-state index contributed by atoms with van der Waals surface area (Å²) in [4.78, 5) is 6.60. The van der Waals surface area contributed by atoms with Crippen LogP contribution in [0.3, 0.4) is 0 Å². The molecule has 0 saturated heterocycles. The maximum Gasteiger partial charge on any atom is 0.129 e. The van der Waals surface area contributed by atoms with E-state index in [2.05, 4.69) is 28.9 Å². The first-order valence-electron chi connectivity index (χ1n) is 6.63. The van der Waals surface area contributed by atoms with E-state index in [1.807, 2.05) is 30.3 Å². The number of nitrogens with zero attached hydrogens (tertiary/aromatic N) is 2. The standard InChI is InChI=1S/C16H20N2O/c1-3-18(12-14-7-5-4-6-8-14)16-11-15(13(2)19)9-10-17-16/h4-11,13,19H,3,12H2,1-2H3. The van der Waals surface area contributed by atoms with Gasteiger partial charge in [0.15, 0.2) is 0 Å². The van der Waals surface area contributed by atoms with Crippen LogP contribution in [-0.4, -0.2) is 16.6 Å². The van der Waals surface area contributed by atoms with Crippen LogP contribution >= 0.6 is 0 Å². The van der Waals surface area contributed by atoms with Gasteiger partial charge in [-0.2, -0.15) is 0 Å². The molecule has 1 aromatic heterocycles. The molecule has 0 aliphatic heterocycles. The third-order valence-corrected chi connectivity index (χ3v) is 3.17. The molecule has 1 N–H and O–H groups in total. The normalized spacial score (nSPS) is 12.2. The number of hydrogen-bond donors (Lipinski definition) is 1. The van der Waals surface area contributed by atoms with Crippen LogP contribution < -0.4 is 4.90 Å². The molecule has 1 atom stereocenters. The van der Waals surface area contributed by atoms with Crippen LogP contribution in [0.1, 0.15) is 31.1 Å². The van der Waals surface area contributed by atoms with Crippen molar-refractivity contribution in [2.24, 2.45) is 0 Å². The molecule has 0 aliphatic carbocycles. The van der Waals surface area contributed by atoms with Crippen LogP contribution in [0.15, 0.2) is 48.7 Å². The molecule has 2 rings (SSSR count). The Hall–Kier alpha value is -1.87. The SMILES string of the molecule is CCN(Cc1ccccc1)c1cc(C(C)O)ccn1. The number of anilines is 1. The first kappa shape index (κ1) is 13.6. The fourth-order valence-electron chi connectivity index (χ4n) is 2.03. The smallest absolute Gasteiger partial charge is 0.129 e. The Kier molecular flexibility index (Phi) is 4.53. The maximum absolute atomic E-state index is 9.65. The van der Waals surface area contributed by atoms with Gasteiger partial charge in [-0.3, -0.25) is 0 Å². The van der Waals surface area contributed by atoms with Crippen LogP contribution in [0.5, 0.6) is 0 Å². The highest BCUT2D eigenvalue weighted by Crippen LogP contribution is 2.19. The Morgan fingerprint density at radius 1 is 1.21 bits per heavy atom. The second-order valence-electron chi connectivity index (χ2n) is 4.62. The van der Waals surface area contributed by atoms with Gasteiger partial charge in [0.05, 0.1) is 6.10 Å². The molecule has 0 spiro atoms. The highest BCUT2D eigenvalue weighted by Gasteiger charge is 2.09. The fourth-order valence-corrected chi connectivity index (χ4v) is 2.03. The first-order valence-corrected chi connectivity index (χ1v) is 6.63. The van der Waals surface area contributed by atoms with Gasteiger partial charge in [-0.1, -0.05) is 30.3 Å². The summed E-state index contributed by atoms with van der Waals surface area (Å²) < 4.78 is 0. The molecule has 1 heterocycles. The minimum absolute atomic E-state index is 0.461. The van der Waals surface area contributed by atoms with E-state index in [1.165, 1.54) is 5.56 Å². The molecule has 0 radical (unpaired) electrons. The van der Waals surface area contributed by atoms with Gasteiger partial charge in [0.1, 0.15) is 5.82 Å². The van der Waals surface area contributed by atoms with Crippen molar-refractivity contribution in [1.82, 2.24) is 4.98 Å². The summed E-state index contributed by atoms with van der Waals surface area (Å²) in [6, 6.07) is 14.1. The lowest BCUT2D eigenvalue weighted by Crippen LogP contribution is -2.23. The highest BCUT2D eigenvalue weighted by molar-refractivity contribution is 5.42. The second-order valence-corrected chi connectivity index (χ2v) is 4.62. The van der Waals surface area contributed by atoms with E-state index in [-0.39, 0.29) is 0 Å². The molecular weight excluding hydrogens is 236 g/mol. The van der Waals surface area contributed by atoms with E-state index in [0.717, 1.165) is 24.5 Å². The van der Waals surface area contributed by atoms with Crippen molar-refractivity contribution in [3.8, 4) is 0 Å². The molecule has 100 valence electrons. The summed E-state index contributed by atoms with van der Waals surface area (Å²) in [7, 11) is 0. The Morgan fingerprint density at radius 2 is 1.95 bits per heavy atom. The molecule has 2 aromatic rings. The van der Waals surface area contributed by atoms with Gasteiger partial charge < -0.3 is 10.0 Å². The average molecular weight is 256 g/mol. The number of aliphatic hydroxyl groups excluding tert-OH is 1. The van der Waals surface area contributed by atoms with Gasteiger partial charge in [-0.05, 0) is 37.1 Å². The van der Waals surface area contributed by atoms with Gasteiger partial charge >= 0.3 is 0 Å². The Morgan fingerprint density at radius 3 is 2.58 bits per heavy atom. The molecule has 0 bridgehead atoms. The van der Waals surface area contributed by atoms with Crippen molar-refractivity contribution in [1.29, 1.82) is 0 Å². The summed E-state index contributed by atoms with van der Waals surface area (Å²) in [6.07, 6.45) is 1.29. The number of hydrogen-bond acceptors (Lipinski definition) is 3. The summed E-state index contributed by atoms with van der Waals surface area (Å²) >= 11 is 0. The lowest BCUT2D eigenvalue weighted by Gasteiger charge is -2.22. The van der Waals surface area contributed by atoms with Crippen LogP contribution in [0.2, 0.25) is 0 Å². The number of aliphatic hydroxyl groups is 1. The average Bonchev–Trinajstić information content (AvgIpc) is 2.46. The zero-order valence-electron chi connectivity index (χ0n) is 11.5. The summed E-state index contributed by atoms with van der Waals surface area (Å²) in [5, 5.41) is 9.65. The van der Waals surface area contributed by atoms with Gasteiger partial charge in [0.25, 0.3) is 0 Å². The third kappa shape index (κ3) is 3.55. The molecule has 1 aromatic carbocycles. The van der Waals surface area contributed by atoms with Gasteiger partial charge in [0.2, 0.25) is 0 Å². The monoisotopic (exact) mass is 256 g/mol. The Bertz CT molecular complexity index is 511. The lowest BCUT2D eigenvalue weighted by molar-refractivity contribution is 0.199. The molecule has 0 fully saturated rings. The molecular formula is C16H20N2O. The van der Waals surface area contributed by atoms with E-state index < -0.39 is 6.10 Å². The lowest BCUT2D eigenvalue weighted by atomic mass is 10.1. The van der Waals surface area contributed by atoms with Crippen molar-refractivity contribution < 1.29 is 5.11 Å². The summed E-state index contributed by atoms with van der Waals surface area (Å²) in [6.45, 7) is 5.59. The van der Waals surface area contributed by atoms with E-state index in [9.17, 15) is 5.11 Å².